The van der Waals surface area contributed by atoms with E-state index in [2.05, 4.69) is 4.72 Å². The minimum atomic E-state index is -3.76. The molecule has 3 rings (SSSR count). The zero-order valence-corrected chi connectivity index (χ0v) is 18.2. The molecule has 0 unspecified atom stereocenters. The van der Waals surface area contributed by atoms with Gasteiger partial charge in [-0.1, -0.05) is 18.2 Å². The lowest BCUT2D eigenvalue weighted by molar-refractivity contribution is -0.147. The molecule has 1 N–H and O–H groups in total. The molecule has 166 valence electrons. The Morgan fingerprint density at radius 1 is 1.10 bits per heavy atom. The molecule has 1 amide bonds. The van der Waals surface area contributed by atoms with Gasteiger partial charge in [0.05, 0.1) is 17.9 Å². The number of aryl methyl sites for hydroxylation is 1. The monoisotopic (exact) mass is 446 g/mol. The van der Waals surface area contributed by atoms with Gasteiger partial charge >= 0.3 is 5.97 Å². The molecule has 0 saturated heterocycles. The topological polar surface area (TPSA) is 102 Å². The first-order valence-electron chi connectivity index (χ1n) is 10.2. The van der Waals surface area contributed by atoms with Crippen molar-refractivity contribution in [1.29, 1.82) is 0 Å². The summed E-state index contributed by atoms with van der Waals surface area (Å²) in [7, 11) is -3.76. The van der Waals surface area contributed by atoms with Gasteiger partial charge < -0.3 is 14.4 Å². The Hall–Kier alpha value is -2.91. The molecule has 1 heterocycles. The third-order valence-electron chi connectivity index (χ3n) is 4.83. The number of anilines is 1. The Kier molecular flexibility index (Phi) is 7.64. The molecule has 31 heavy (non-hydrogen) atoms. The second kappa shape index (κ2) is 10.4. The van der Waals surface area contributed by atoms with Crippen molar-refractivity contribution in [3.8, 4) is 5.75 Å². The van der Waals surface area contributed by atoms with E-state index in [0.29, 0.717) is 18.9 Å². The average Bonchev–Trinajstić information content (AvgIpc) is 2.77. The van der Waals surface area contributed by atoms with E-state index in [0.717, 1.165) is 24.1 Å². The molecule has 0 aliphatic carbocycles. The number of sulfonamides is 1. The zero-order valence-electron chi connectivity index (χ0n) is 17.4. The van der Waals surface area contributed by atoms with E-state index in [-0.39, 0.29) is 30.4 Å². The Balaban J connectivity index is 1.45. The van der Waals surface area contributed by atoms with Crippen LogP contribution in [0.2, 0.25) is 0 Å². The molecule has 1 aliphatic rings. The third-order valence-corrected chi connectivity index (χ3v) is 6.31. The molecule has 0 aromatic heterocycles. The number of para-hydroxylation sites is 1. The van der Waals surface area contributed by atoms with Gasteiger partial charge in [0.1, 0.15) is 5.75 Å². The van der Waals surface area contributed by atoms with Crippen LogP contribution in [0.15, 0.2) is 53.4 Å². The molecule has 0 saturated carbocycles. The number of nitrogens with zero attached hydrogens (tertiary/aromatic N) is 1. The number of carbonyl (C=O) groups excluding carboxylic acids is 2. The maximum atomic E-state index is 12.5. The Labute approximate surface area is 182 Å². The molecule has 9 heteroatoms. The maximum Gasteiger partial charge on any atom is 0.307 e. The zero-order chi connectivity index (χ0) is 22.3. The summed E-state index contributed by atoms with van der Waals surface area (Å²) in [5.41, 5.74) is 1.94. The van der Waals surface area contributed by atoms with Gasteiger partial charge in [-0.2, -0.15) is 0 Å². The number of hydrogen-bond donors (Lipinski definition) is 1. The van der Waals surface area contributed by atoms with Crippen molar-refractivity contribution in [2.75, 3.05) is 31.2 Å². The van der Waals surface area contributed by atoms with Crippen LogP contribution >= 0.6 is 0 Å². The standard InChI is InChI=1S/C22H26N2O6S/c1-2-29-18-9-11-19(12-10-18)31(27,28)23-14-13-22(26)30-16-21(25)24-15-5-7-17-6-3-4-8-20(17)24/h3-4,6,8-12,23H,2,5,7,13-16H2,1H3. The minimum absolute atomic E-state index is 0.0725. The van der Waals surface area contributed by atoms with Crippen molar-refractivity contribution >= 4 is 27.6 Å². The summed E-state index contributed by atoms with van der Waals surface area (Å²) in [5.74, 6) is -0.366. The third kappa shape index (κ3) is 6.05. The van der Waals surface area contributed by atoms with Crippen molar-refractivity contribution in [3.05, 3.63) is 54.1 Å². The normalized spacial score (nSPS) is 13.4. The molecule has 2 aromatic rings. The van der Waals surface area contributed by atoms with Crippen molar-refractivity contribution < 1.29 is 27.5 Å². The van der Waals surface area contributed by atoms with E-state index < -0.39 is 16.0 Å². The van der Waals surface area contributed by atoms with Crippen LogP contribution in [0.5, 0.6) is 5.75 Å². The van der Waals surface area contributed by atoms with Gasteiger partial charge in [-0.05, 0) is 55.7 Å². The lowest BCUT2D eigenvalue weighted by Gasteiger charge is -2.29. The minimum Gasteiger partial charge on any atom is -0.494 e. The van der Waals surface area contributed by atoms with Crippen LogP contribution < -0.4 is 14.4 Å². The van der Waals surface area contributed by atoms with Crippen LogP contribution in [0.3, 0.4) is 0 Å². The molecule has 0 bridgehead atoms. The van der Waals surface area contributed by atoms with Crippen LogP contribution in [0, 0.1) is 0 Å². The number of amides is 1. The molecule has 0 fully saturated rings. The molecule has 0 spiro atoms. The number of nitrogens with one attached hydrogen (secondary N) is 1. The second-order valence-electron chi connectivity index (χ2n) is 6.99. The fraction of sp³-hybridized carbons (Fsp3) is 0.364. The number of ether oxygens (including phenoxy) is 2. The van der Waals surface area contributed by atoms with Crippen LogP contribution in [0.1, 0.15) is 25.3 Å². The van der Waals surface area contributed by atoms with Gasteiger partial charge in [0, 0.05) is 18.8 Å². The van der Waals surface area contributed by atoms with Crippen molar-refractivity contribution in [2.24, 2.45) is 0 Å². The molecule has 2 aromatic carbocycles. The predicted octanol–water partition coefficient (Wildman–Crippen LogP) is 2.28. The largest absolute Gasteiger partial charge is 0.494 e. The predicted molar refractivity (Wildman–Crippen MR) is 115 cm³/mol. The molecule has 0 atom stereocenters. The quantitative estimate of drug-likeness (QED) is 0.593. The Morgan fingerprint density at radius 3 is 2.58 bits per heavy atom. The van der Waals surface area contributed by atoms with Gasteiger partial charge in [0.15, 0.2) is 6.61 Å². The summed E-state index contributed by atoms with van der Waals surface area (Å²) < 4.78 is 37.3. The molecule has 1 aliphatic heterocycles. The molecule has 0 radical (unpaired) electrons. The highest BCUT2D eigenvalue weighted by atomic mass is 32.2. The van der Waals surface area contributed by atoms with Gasteiger partial charge in [0.2, 0.25) is 10.0 Å². The van der Waals surface area contributed by atoms with Crippen LogP contribution in [-0.2, 0) is 30.8 Å². The smallest absolute Gasteiger partial charge is 0.307 e. The van der Waals surface area contributed by atoms with E-state index in [4.69, 9.17) is 9.47 Å². The van der Waals surface area contributed by atoms with E-state index in [1.54, 1.807) is 17.0 Å². The first-order valence-corrected chi connectivity index (χ1v) is 11.7. The summed E-state index contributed by atoms with van der Waals surface area (Å²) in [6.07, 6.45) is 1.58. The lowest BCUT2D eigenvalue weighted by Crippen LogP contribution is -2.38. The highest BCUT2D eigenvalue weighted by Crippen LogP contribution is 2.26. The van der Waals surface area contributed by atoms with E-state index in [1.165, 1.54) is 12.1 Å². The van der Waals surface area contributed by atoms with Crippen LogP contribution in [-0.4, -0.2) is 46.6 Å². The summed E-state index contributed by atoms with van der Waals surface area (Å²) in [6, 6.07) is 13.7. The SMILES string of the molecule is CCOc1ccc(S(=O)(=O)NCCC(=O)OCC(=O)N2CCCc3ccccc32)cc1. The number of benzene rings is 2. The number of rotatable bonds is 9. The molecule has 8 nitrogen and oxygen atoms in total. The van der Waals surface area contributed by atoms with Crippen molar-refractivity contribution in [3.63, 3.8) is 0 Å². The Morgan fingerprint density at radius 2 is 1.84 bits per heavy atom. The summed E-state index contributed by atoms with van der Waals surface area (Å²) in [6.45, 7) is 2.40. The molecular formula is C22H26N2O6S. The highest BCUT2D eigenvalue weighted by Gasteiger charge is 2.23. The van der Waals surface area contributed by atoms with Gasteiger partial charge in [-0.25, -0.2) is 13.1 Å². The van der Waals surface area contributed by atoms with Gasteiger partial charge in [0.25, 0.3) is 5.91 Å². The average molecular weight is 447 g/mol. The summed E-state index contributed by atoms with van der Waals surface area (Å²) in [5, 5.41) is 0. The number of carbonyl (C=O) groups is 2. The highest BCUT2D eigenvalue weighted by molar-refractivity contribution is 7.89. The second-order valence-corrected chi connectivity index (χ2v) is 8.76. The fourth-order valence-corrected chi connectivity index (χ4v) is 4.37. The van der Waals surface area contributed by atoms with Crippen molar-refractivity contribution in [1.82, 2.24) is 4.72 Å². The van der Waals surface area contributed by atoms with E-state index >= 15 is 0 Å². The maximum absolute atomic E-state index is 12.5. The van der Waals surface area contributed by atoms with Gasteiger partial charge in [-0.3, -0.25) is 9.59 Å². The lowest BCUT2D eigenvalue weighted by atomic mass is 10.0. The van der Waals surface area contributed by atoms with Crippen LogP contribution in [0.25, 0.3) is 0 Å². The van der Waals surface area contributed by atoms with Gasteiger partial charge in [-0.15, -0.1) is 0 Å². The summed E-state index contributed by atoms with van der Waals surface area (Å²) >= 11 is 0. The van der Waals surface area contributed by atoms with Crippen molar-refractivity contribution in [2.45, 2.75) is 31.1 Å². The number of hydrogen-bond acceptors (Lipinski definition) is 6. The Bertz CT molecular complexity index is 1020. The fourth-order valence-electron chi connectivity index (χ4n) is 3.34. The van der Waals surface area contributed by atoms with E-state index in [1.807, 2.05) is 31.2 Å². The number of fused-ring (bicyclic) bond motifs is 1. The van der Waals surface area contributed by atoms with Crippen LogP contribution in [0.4, 0.5) is 5.69 Å². The number of esters is 1. The first kappa shape index (κ1) is 22.8. The molecular weight excluding hydrogens is 420 g/mol. The van der Waals surface area contributed by atoms with E-state index in [9.17, 15) is 18.0 Å². The summed E-state index contributed by atoms with van der Waals surface area (Å²) in [4.78, 5) is 26.2. The first-order chi connectivity index (χ1) is 14.9.